The summed E-state index contributed by atoms with van der Waals surface area (Å²) in [6.07, 6.45) is 3.28. The molecule has 8 rings (SSSR count). The number of hydrogen-bond donors (Lipinski definition) is 4. The average molecular weight is 1220 g/mol. The molecule has 18 nitrogen and oxygen atoms in total. The number of benzene rings is 2. The van der Waals surface area contributed by atoms with Gasteiger partial charge in [0.15, 0.2) is 21.7 Å². The van der Waals surface area contributed by atoms with Gasteiger partial charge in [0, 0.05) is 74.5 Å². The maximum absolute atomic E-state index is 15.0. The highest BCUT2D eigenvalue weighted by molar-refractivity contribution is 9.10. The summed E-state index contributed by atoms with van der Waals surface area (Å²) in [5, 5.41) is 28.2. The van der Waals surface area contributed by atoms with Crippen molar-refractivity contribution in [1.29, 1.82) is 0 Å². The van der Waals surface area contributed by atoms with Crippen molar-refractivity contribution in [2.75, 3.05) is 78.9 Å². The van der Waals surface area contributed by atoms with E-state index in [-0.39, 0.29) is 87.3 Å². The number of amidine groups is 2. The lowest BCUT2D eigenvalue weighted by Crippen LogP contribution is -2.51. The van der Waals surface area contributed by atoms with Crippen LogP contribution in [0.2, 0.25) is 5.02 Å². The third-order valence-corrected chi connectivity index (χ3v) is 15.1. The van der Waals surface area contributed by atoms with Crippen molar-refractivity contribution in [2.45, 2.75) is 50.6 Å². The van der Waals surface area contributed by atoms with Crippen molar-refractivity contribution in [3.63, 3.8) is 0 Å². The molecule has 2 unspecified atom stereocenters. The van der Waals surface area contributed by atoms with Crippen molar-refractivity contribution >= 4 is 85.8 Å². The number of halogens is 8. The zero-order valence-electron chi connectivity index (χ0n) is 41.7. The van der Waals surface area contributed by atoms with Crippen molar-refractivity contribution in [1.82, 2.24) is 30.4 Å². The number of likely N-dealkylation sites (tertiary alicyclic amines) is 2. The molecular formula is C50H52BrClF6N8O10S2. The molecule has 4 atom stereocenters. The fraction of sp³-hybridized carbons (Fsp3) is 0.440. The van der Waals surface area contributed by atoms with Gasteiger partial charge in [-0.25, -0.2) is 55.5 Å². The Morgan fingerprint density at radius 1 is 0.718 bits per heavy atom. The van der Waals surface area contributed by atoms with Gasteiger partial charge < -0.3 is 39.8 Å². The van der Waals surface area contributed by atoms with Crippen LogP contribution in [0.25, 0.3) is 0 Å². The molecule has 2 saturated heterocycles. The zero-order valence-corrected chi connectivity index (χ0v) is 45.6. The number of aliphatic carboxylic acids is 2. The Balaban J connectivity index is 0.000000226. The number of carboxylic acids is 2. The molecular weight excluding hydrogens is 1170 g/mol. The van der Waals surface area contributed by atoms with Crippen LogP contribution in [0, 0.1) is 23.5 Å². The molecule has 2 fully saturated rings. The van der Waals surface area contributed by atoms with Crippen LogP contribution in [-0.2, 0) is 38.1 Å². The van der Waals surface area contributed by atoms with Crippen molar-refractivity contribution in [3.05, 3.63) is 124 Å². The minimum absolute atomic E-state index is 0.0407. The number of nitrogens with one attached hydrogen (secondary N) is 2. The van der Waals surface area contributed by atoms with Gasteiger partial charge in [-0.1, -0.05) is 39.7 Å². The van der Waals surface area contributed by atoms with Crippen LogP contribution < -0.4 is 10.6 Å². The zero-order chi connectivity index (χ0) is 56.3. The number of hydrogen-bond acceptors (Lipinski definition) is 18. The largest absolute Gasteiger partial charge is 0.480 e. The van der Waals surface area contributed by atoms with Gasteiger partial charge in [0.1, 0.15) is 36.9 Å². The lowest BCUT2D eigenvalue weighted by atomic mass is 9.92. The smallest absolute Gasteiger partial charge is 0.338 e. The normalized spacial score (nSPS) is 21.3. The number of thiazole rings is 2. The van der Waals surface area contributed by atoms with E-state index in [2.05, 4.69) is 41.5 Å². The maximum atomic E-state index is 15.0. The fourth-order valence-corrected chi connectivity index (χ4v) is 11.0. The molecule has 0 bridgehead atoms. The number of ether oxygens (including phenoxy) is 4. The van der Waals surface area contributed by atoms with E-state index in [1.807, 2.05) is 0 Å². The summed E-state index contributed by atoms with van der Waals surface area (Å²) in [5.74, 6) is -12.8. The number of alkyl halides is 4. The minimum Gasteiger partial charge on any atom is -0.480 e. The number of carbonyl (C=O) groups excluding carboxylic acids is 2. The second-order valence-corrected chi connectivity index (χ2v) is 21.0. The van der Waals surface area contributed by atoms with Crippen LogP contribution in [0.5, 0.6) is 0 Å². The molecule has 6 heterocycles. The van der Waals surface area contributed by atoms with Crippen molar-refractivity contribution in [3.8, 4) is 0 Å². The SMILES string of the molecule is CCOC(=O)C1=C(CN2CCC(COCC(=O)O)C(F)(F)C2)NC(c2nccs2)=N[C@H]1c1ccc(F)cc1Br.CCOC(=O)C1=C(CN2CCC(COCC(=O)O)C(F)(F)C2)NC(c2nccs2)=N[C@H]1c1ccc(F)cc1Cl. The molecule has 2 aromatic heterocycles. The molecule has 4 aliphatic rings. The summed E-state index contributed by atoms with van der Waals surface area (Å²) in [4.78, 5) is 68.7. The predicted molar refractivity (Wildman–Crippen MR) is 278 cm³/mol. The Bertz CT molecular complexity index is 2740. The van der Waals surface area contributed by atoms with Gasteiger partial charge in [0.05, 0.1) is 50.7 Å². The number of piperidine rings is 2. The van der Waals surface area contributed by atoms with Gasteiger partial charge in [-0.2, -0.15) is 0 Å². The molecule has 28 heteroatoms. The van der Waals surface area contributed by atoms with E-state index >= 15 is 17.6 Å². The first-order valence-electron chi connectivity index (χ1n) is 24.2. The predicted octanol–water partition coefficient (Wildman–Crippen LogP) is 7.91. The van der Waals surface area contributed by atoms with Crippen LogP contribution in [0.1, 0.15) is 59.9 Å². The van der Waals surface area contributed by atoms with Gasteiger partial charge >= 0.3 is 23.9 Å². The van der Waals surface area contributed by atoms with Crippen LogP contribution >= 0.6 is 50.2 Å². The Morgan fingerprint density at radius 2 is 1.15 bits per heavy atom. The van der Waals surface area contributed by atoms with E-state index in [9.17, 15) is 28.0 Å². The summed E-state index contributed by atoms with van der Waals surface area (Å²) in [6.45, 7) is 0.489. The molecule has 420 valence electrons. The molecule has 0 amide bonds. The molecule has 0 aliphatic carbocycles. The summed E-state index contributed by atoms with van der Waals surface area (Å²) in [7, 11) is 0. The molecule has 0 spiro atoms. The Kier molecular flexibility index (Phi) is 20.6. The molecule has 2 aromatic carbocycles. The molecule has 4 aromatic rings. The Hall–Kier alpha value is -5.81. The van der Waals surface area contributed by atoms with Gasteiger partial charge in [0.25, 0.3) is 11.8 Å². The van der Waals surface area contributed by atoms with Gasteiger partial charge in [-0.05, 0) is 69.6 Å². The molecule has 4 N–H and O–H groups in total. The van der Waals surface area contributed by atoms with Crippen molar-refractivity contribution < 1.29 is 74.7 Å². The summed E-state index contributed by atoms with van der Waals surface area (Å²) in [5.41, 5.74) is 1.64. The van der Waals surface area contributed by atoms with Crippen molar-refractivity contribution in [2.24, 2.45) is 21.8 Å². The first-order chi connectivity index (χ1) is 37.2. The summed E-state index contributed by atoms with van der Waals surface area (Å²) >= 11 is 12.3. The number of nitrogens with zero attached hydrogens (tertiary/aromatic N) is 6. The Labute approximate surface area is 464 Å². The summed E-state index contributed by atoms with van der Waals surface area (Å²) < 4.78 is 109. The molecule has 4 aliphatic heterocycles. The number of carbonyl (C=O) groups is 4. The quantitative estimate of drug-likeness (QED) is 0.0487. The topological polar surface area (TPSA) is 227 Å². The molecule has 0 radical (unpaired) electrons. The standard InChI is InChI=1S/C25H26BrF3N4O5S.C25H26ClF3N4O5S/c2*1-2-38-24(36)20-18(10-33-7-5-14(25(28,29)13-33)11-37-12-19(34)35)31-22(23-30-6-8-39-23)32-21(20)16-4-3-15(27)9-17(16)26/h2*3-4,6,8-9,14,21H,2,5,7,10-13H2,1H3,(H,31,32)(H,34,35)/t2*14?,21-/m00/s1. The third kappa shape index (κ3) is 15.3. The highest BCUT2D eigenvalue weighted by atomic mass is 79.9. The molecule has 78 heavy (non-hydrogen) atoms. The van der Waals surface area contributed by atoms with Gasteiger partial charge in [-0.3, -0.25) is 19.8 Å². The average Bonchev–Trinajstić information content (AvgIpc) is 4.19. The van der Waals surface area contributed by atoms with Gasteiger partial charge in [-0.15, -0.1) is 22.7 Å². The number of esters is 2. The van der Waals surface area contributed by atoms with E-state index in [1.54, 1.807) is 37.0 Å². The van der Waals surface area contributed by atoms with Crippen LogP contribution in [0.3, 0.4) is 0 Å². The van der Waals surface area contributed by atoms with Crippen LogP contribution in [0.15, 0.2) is 96.5 Å². The second-order valence-electron chi connectivity index (χ2n) is 18.0. The monoisotopic (exact) mass is 1220 g/mol. The second kappa shape index (κ2) is 26.9. The van der Waals surface area contributed by atoms with Crippen LogP contribution in [0.4, 0.5) is 26.3 Å². The fourth-order valence-electron chi connectivity index (χ4n) is 8.95. The van der Waals surface area contributed by atoms with E-state index in [4.69, 9.17) is 45.8 Å². The lowest BCUT2D eigenvalue weighted by molar-refractivity contribution is -0.151. The number of rotatable bonds is 20. The van der Waals surface area contributed by atoms with E-state index in [1.165, 1.54) is 62.8 Å². The van der Waals surface area contributed by atoms with E-state index in [0.717, 1.165) is 6.07 Å². The van der Waals surface area contributed by atoms with E-state index < -0.39 is 97.6 Å². The summed E-state index contributed by atoms with van der Waals surface area (Å²) in [6, 6.07) is 5.82. The number of aliphatic imine (C=N–C) groups is 2. The highest BCUT2D eigenvalue weighted by Gasteiger charge is 2.47. The van der Waals surface area contributed by atoms with E-state index in [0.29, 0.717) is 43.0 Å². The highest BCUT2D eigenvalue weighted by Crippen LogP contribution is 2.41. The first kappa shape index (κ1) is 59.8. The maximum Gasteiger partial charge on any atom is 0.338 e. The lowest BCUT2D eigenvalue weighted by Gasteiger charge is -2.39. The van der Waals surface area contributed by atoms with Gasteiger partial charge in [0.2, 0.25) is 0 Å². The minimum atomic E-state index is -3.16. The van der Waals surface area contributed by atoms with Crippen LogP contribution in [-0.4, -0.2) is 156 Å². The number of carboxylic acid groups (broad SMARTS) is 2. The Morgan fingerprint density at radius 3 is 1.54 bits per heavy atom. The third-order valence-electron chi connectivity index (χ3n) is 12.5. The molecule has 0 saturated carbocycles. The first-order valence-corrected chi connectivity index (χ1v) is 27.1. The number of aromatic nitrogens is 2.